The van der Waals surface area contributed by atoms with Crippen LogP contribution >= 0.6 is 0 Å². The molecular formula is C20H20FN4O3. The lowest BCUT2D eigenvalue weighted by Crippen LogP contribution is -2.27. The van der Waals surface area contributed by atoms with E-state index >= 15 is 0 Å². The Bertz CT molecular complexity index is 897. The predicted octanol–water partition coefficient (Wildman–Crippen LogP) is 3.48. The monoisotopic (exact) mass is 383 g/mol. The van der Waals surface area contributed by atoms with Crippen LogP contribution < -0.4 is 5.32 Å². The van der Waals surface area contributed by atoms with Gasteiger partial charge >= 0.3 is 0 Å². The number of hydrogen-bond acceptors (Lipinski definition) is 4. The highest BCUT2D eigenvalue weighted by atomic mass is 19.1. The Kier molecular flexibility index (Phi) is 6.97. The number of ether oxygens (including phenoxy) is 2. The Morgan fingerprint density at radius 1 is 1.04 bits per heavy atom. The first-order valence-corrected chi connectivity index (χ1v) is 8.92. The minimum absolute atomic E-state index is 0.187. The Hall–Kier alpha value is -2.93. The van der Waals surface area contributed by atoms with Gasteiger partial charge in [-0.25, -0.2) is 4.39 Å². The standard InChI is InChI=1S/C20H20FN4O3/c21-17-2-4-19-16(13-17)12-15-11-14(1-3-18(15)19)20(26)23-5-7-27-9-10-28-8-6-24-25-22/h1-4,11-13H,5-10H2,(H,23,26). The number of nitrogens with zero attached hydrogens (tertiary/aromatic N) is 3. The van der Waals surface area contributed by atoms with Crippen molar-refractivity contribution in [3.05, 3.63) is 75.8 Å². The van der Waals surface area contributed by atoms with E-state index in [0.29, 0.717) is 45.1 Å². The van der Waals surface area contributed by atoms with Crippen LogP contribution in [0.25, 0.3) is 21.6 Å². The molecule has 0 saturated heterocycles. The lowest BCUT2D eigenvalue weighted by atomic mass is 10.0. The molecule has 0 heterocycles. The fraction of sp³-hybridized carbons (Fsp3) is 0.300. The van der Waals surface area contributed by atoms with Crippen molar-refractivity contribution in [2.24, 2.45) is 5.11 Å². The van der Waals surface area contributed by atoms with E-state index in [9.17, 15) is 9.18 Å². The van der Waals surface area contributed by atoms with Crippen molar-refractivity contribution in [3.63, 3.8) is 0 Å². The highest BCUT2D eigenvalue weighted by molar-refractivity contribution is 5.96. The molecule has 3 rings (SSSR count). The van der Waals surface area contributed by atoms with E-state index in [-0.39, 0.29) is 11.7 Å². The molecule has 1 amide bonds. The van der Waals surface area contributed by atoms with Gasteiger partial charge in [-0.15, -0.1) is 0 Å². The number of benzene rings is 2. The van der Waals surface area contributed by atoms with Crippen LogP contribution in [0, 0.1) is 12.2 Å². The highest BCUT2D eigenvalue weighted by Crippen LogP contribution is 2.38. The summed E-state index contributed by atoms with van der Waals surface area (Å²) < 4.78 is 24.0. The van der Waals surface area contributed by atoms with E-state index in [2.05, 4.69) is 15.3 Å². The van der Waals surface area contributed by atoms with E-state index in [0.717, 1.165) is 22.3 Å². The molecule has 145 valence electrons. The van der Waals surface area contributed by atoms with Crippen molar-refractivity contribution < 1.29 is 18.7 Å². The topological polar surface area (TPSA) is 96.3 Å². The zero-order valence-electron chi connectivity index (χ0n) is 15.2. The molecule has 28 heavy (non-hydrogen) atoms. The summed E-state index contributed by atoms with van der Waals surface area (Å²) in [6.45, 7) is 2.20. The SMILES string of the molecule is [N-]=[N+]=NCCOCCOCCNC(=O)c1ccc2c(c1)[CH]c1cc(F)ccc1-2. The molecule has 0 aliphatic heterocycles. The maximum Gasteiger partial charge on any atom is 0.251 e. The molecule has 1 aliphatic rings. The maximum absolute atomic E-state index is 13.4. The van der Waals surface area contributed by atoms with Crippen LogP contribution in [0.15, 0.2) is 41.5 Å². The molecular weight excluding hydrogens is 363 g/mol. The van der Waals surface area contributed by atoms with Gasteiger partial charge in [0.1, 0.15) is 5.82 Å². The van der Waals surface area contributed by atoms with Crippen molar-refractivity contribution in [3.8, 4) is 11.1 Å². The molecule has 0 spiro atoms. The number of carbonyl (C=O) groups is 1. The van der Waals surface area contributed by atoms with E-state index in [1.807, 2.05) is 12.5 Å². The number of rotatable bonds is 10. The summed E-state index contributed by atoms with van der Waals surface area (Å²) in [4.78, 5) is 14.9. The van der Waals surface area contributed by atoms with Crippen LogP contribution in [-0.4, -0.2) is 45.4 Å². The van der Waals surface area contributed by atoms with Crippen LogP contribution in [0.5, 0.6) is 0 Å². The van der Waals surface area contributed by atoms with Crippen LogP contribution in [0.3, 0.4) is 0 Å². The summed E-state index contributed by atoms with van der Waals surface area (Å²) in [5.74, 6) is -0.464. The molecule has 1 radical (unpaired) electrons. The Labute approximate surface area is 162 Å². The van der Waals surface area contributed by atoms with E-state index in [4.69, 9.17) is 15.0 Å². The summed E-state index contributed by atoms with van der Waals surface area (Å²) in [7, 11) is 0. The zero-order chi connectivity index (χ0) is 19.8. The second-order valence-corrected chi connectivity index (χ2v) is 6.11. The molecule has 0 fully saturated rings. The molecule has 0 saturated carbocycles. The van der Waals surface area contributed by atoms with Crippen molar-refractivity contribution in [1.29, 1.82) is 0 Å². The minimum atomic E-state index is -0.276. The fourth-order valence-corrected chi connectivity index (χ4v) is 2.95. The smallest absolute Gasteiger partial charge is 0.251 e. The number of halogens is 1. The largest absolute Gasteiger partial charge is 0.379 e. The summed E-state index contributed by atoms with van der Waals surface area (Å²) in [6.07, 6.45) is 1.88. The number of nitrogens with one attached hydrogen (secondary N) is 1. The molecule has 1 N–H and O–H groups in total. The van der Waals surface area contributed by atoms with Gasteiger partial charge in [0.25, 0.3) is 5.91 Å². The van der Waals surface area contributed by atoms with Crippen molar-refractivity contribution >= 4 is 5.91 Å². The quantitative estimate of drug-likeness (QED) is 0.251. The molecule has 0 bridgehead atoms. The Morgan fingerprint density at radius 2 is 1.75 bits per heavy atom. The molecule has 2 aromatic rings. The Morgan fingerprint density at radius 3 is 2.54 bits per heavy atom. The van der Waals surface area contributed by atoms with Gasteiger partial charge in [-0.3, -0.25) is 4.79 Å². The average molecular weight is 383 g/mol. The number of carbonyl (C=O) groups excluding carboxylic acids is 1. The molecule has 1 aliphatic carbocycles. The second kappa shape index (κ2) is 9.85. The van der Waals surface area contributed by atoms with Gasteiger partial charge in [0.2, 0.25) is 0 Å². The summed E-state index contributed by atoms with van der Waals surface area (Å²) in [5.41, 5.74) is 12.4. The normalized spacial score (nSPS) is 11.5. The number of hydrogen-bond donors (Lipinski definition) is 1. The number of azide groups is 1. The van der Waals surface area contributed by atoms with Crippen LogP contribution in [0.4, 0.5) is 4.39 Å². The first kappa shape index (κ1) is 19.8. The van der Waals surface area contributed by atoms with Gasteiger partial charge in [-0.2, -0.15) is 0 Å². The summed E-state index contributed by atoms with van der Waals surface area (Å²) >= 11 is 0. The van der Waals surface area contributed by atoms with Gasteiger partial charge in [-0.05, 0) is 52.1 Å². The van der Waals surface area contributed by atoms with Crippen molar-refractivity contribution in [2.75, 3.05) is 39.5 Å². The van der Waals surface area contributed by atoms with Gasteiger partial charge in [0, 0.05) is 30.0 Å². The van der Waals surface area contributed by atoms with Crippen LogP contribution in [0.1, 0.15) is 21.5 Å². The fourth-order valence-electron chi connectivity index (χ4n) is 2.95. The Balaban J connectivity index is 1.40. The van der Waals surface area contributed by atoms with Crippen LogP contribution in [-0.2, 0) is 9.47 Å². The molecule has 0 aromatic heterocycles. The highest BCUT2D eigenvalue weighted by Gasteiger charge is 2.20. The van der Waals surface area contributed by atoms with E-state index in [1.165, 1.54) is 12.1 Å². The third-order valence-corrected chi connectivity index (χ3v) is 4.23. The molecule has 0 unspecified atom stereocenters. The third-order valence-electron chi connectivity index (χ3n) is 4.23. The lowest BCUT2D eigenvalue weighted by Gasteiger charge is -2.08. The summed E-state index contributed by atoms with van der Waals surface area (Å²) in [5, 5.41) is 6.16. The number of amides is 1. The first-order chi connectivity index (χ1) is 13.7. The van der Waals surface area contributed by atoms with Gasteiger partial charge in [0.15, 0.2) is 0 Å². The second-order valence-electron chi connectivity index (χ2n) is 6.11. The first-order valence-electron chi connectivity index (χ1n) is 8.92. The predicted molar refractivity (Wildman–Crippen MR) is 102 cm³/mol. The maximum atomic E-state index is 13.4. The van der Waals surface area contributed by atoms with Gasteiger partial charge < -0.3 is 14.8 Å². The van der Waals surface area contributed by atoms with Gasteiger partial charge in [0.05, 0.1) is 26.4 Å². The van der Waals surface area contributed by atoms with Crippen LogP contribution in [0.2, 0.25) is 0 Å². The zero-order valence-corrected chi connectivity index (χ0v) is 15.2. The molecule has 8 heteroatoms. The van der Waals surface area contributed by atoms with E-state index < -0.39 is 0 Å². The molecule has 0 atom stereocenters. The summed E-state index contributed by atoms with van der Waals surface area (Å²) in [6, 6.07) is 10.1. The lowest BCUT2D eigenvalue weighted by molar-refractivity contribution is 0.0511. The van der Waals surface area contributed by atoms with Crippen molar-refractivity contribution in [1.82, 2.24) is 5.32 Å². The minimum Gasteiger partial charge on any atom is -0.379 e. The van der Waals surface area contributed by atoms with E-state index in [1.54, 1.807) is 18.2 Å². The van der Waals surface area contributed by atoms with Crippen molar-refractivity contribution in [2.45, 2.75) is 0 Å². The van der Waals surface area contributed by atoms with Gasteiger partial charge in [-0.1, -0.05) is 17.2 Å². The molecule has 2 aromatic carbocycles. The average Bonchev–Trinajstić information content (AvgIpc) is 3.05. The third kappa shape index (κ3) is 5.07. The number of fused-ring (bicyclic) bond motifs is 3. The molecule has 7 nitrogen and oxygen atoms in total.